The van der Waals surface area contributed by atoms with Crippen LogP contribution in [0.5, 0.6) is 0 Å². The van der Waals surface area contributed by atoms with Gasteiger partial charge in [0.2, 0.25) is 5.91 Å². The van der Waals surface area contributed by atoms with Gasteiger partial charge in [0.25, 0.3) is 5.91 Å². The van der Waals surface area contributed by atoms with Gasteiger partial charge in [-0.15, -0.1) is 0 Å². The summed E-state index contributed by atoms with van der Waals surface area (Å²) in [5, 5.41) is 5.78. The molecule has 6 heteroatoms. The smallest absolute Gasteiger partial charge is 0.324 e. The fraction of sp³-hybridized carbons (Fsp3) is 0.375. The zero-order valence-corrected chi connectivity index (χ0v) is 17.4. The van der Waals surface area contributed by atoms with Gasteiger partial charge in [-0.25, -0.2) is 4.79 Å². The SMILES string of the molecule is CC[C@@H](C)c1ccccc1NC(=O)CN1C(=O)N[C@]2(CCCc3ccccc32)C1=O. The monoisotopic (exact) mass is 405 g/mol. The highest BCUT2D eigenvalue weighted by Crippen LogP contribution is 2.39. The second kappa shape index (κ2) is 7.94. The Bertz CT molecular complexity index is 1000. The van der Waals surface area contributed by atoms with Crippen molar-refractivity contribution in [2.45, 2.75) is 51.0 Å². The molecule has 2 atom stereocenters. The first-order valence-electron chi connectivity index (χ1n) is 10.6. The van der Waals surface area contributed by atoms with Crippen molar-refractivity contribution in [3.63, 3.8) is 0 Å². The van der Waals surface area contributed by atoms with E-state index < -0.39 is 11.6 Å². The normalized spacial score (nSPS) is 21.3. The molecule has 156 valence electrons. The quantitative estimate of drug-likeness (QED) is 0.740. The van der Waals surface area contributed by atoms with E-state index in [9.17, 15) is 14.4 Å². The number of carbonyl (C=O) groups is 3. The summed E-state index contributed by atoms with van der Waals surface area (Å²) in [5.74, 6) is -0.430. The Balaban J connectivity index is 1.54. The number of rotatable bonds is 5. The topological polar surface area (TPSA) is 78.5 Å². The summed E-state index contributed by atoms with van der Waals surface area (Å²) >= 11 is 0. The molecule has 0 bridgehead atoms. The number of fused-ring (bicyclic) bond motifs is 2. The number of para-hydroxylation sites is 1. The molecule has 30 heavy (non-hydrogen) atoms. The predicted molar refractivity (Wildman–Crippen MR) is 115 cm³/mol. The van der Waals surface area contributed by atoms with Crippen molar-refractivity contribution in [2.24, 2.45) is 0 Å². The zero-order valence-electron chi connectivity index (χ0n) is 17.4. The Hall–Kier alpha value is -3.15. The molecule has 1 fully saturated rings. The fourth-order valence-corrected chi connectivity index (χ4v) is 4.55. The highest BCUT2D eigenvalue weighted by atomic mass is 16.2. The van der Waals surface area contributed by atoms with Gasteiger partial charge in [-0.2, -0.15) is 0 Å². The van der Waals surface area contributed by atoms with Gasteiger partial charge in [-0.05, 0) is 54.4 Å². The Labute approximate surface area is 176 Å². The number of hydrogen-bond acceptors (Lipinski definition) is 3. The molecule has 1 spiro atoms. The van der Waals surface area contributed by atoms with Crippen molar-refractivity contribution in [3.8, 4) is 0 Å². The van der Waals surface area contributed by atoms with E-state index in [0.29, 0.717) is 12.3 Å². The van der Waals surface area contributed by atoms with Crippen LogP contribution in [0.1, 0.15) is 55.7 Å². The summed E-state index contributed by atoms with van der Waals surface area (Å²) in [5.41, 5.74) is 2.64. The molecule has 1 aliphatic carbocycles. The molecule has 0 saturated carbocycles. The van der Waals surface area contributed by atoms with E-state index in [0.717, 1.165) is 46.5 Å². The number of nitrogens with one attached hydrogen (secondary N) is 2. The first-order valence-corrected chi connectivity index (χ1v) is 10.6. The lowest BCUT2D eigenvalue weighted by atomic mass is 9.76. The van der Waals surface area contributed by atoms with E-state index in [1.807, 2.05) is 48.5 Å². The molecule has 4 rings (SSSR count). The van der Waals surface area contributed by atoms with E-state index in [1.54, 1.807) is 0 Å². The standard InChI is InChI=1S/C24H27N3O3/c1-3-16(2)18-11-5-7-13-20(18)25-21(28)15-27-22(29)24(26-23(27)30)14-8-10-17-9-4-6-12-19(17)24/h4-7,9,11-13,16H,3,8,10,14-15H2,1-2H3,(H,25,28)(H,26,30)/t16-,24+/m1/s1. The van der Waals surface area contributed by atoms with Gasteiger partial charge >= 0.3 is 6.03 Å². The van der Waals surface area contributed by atoms with Crippen LogP contribution in [0.15, 0.2) is 48.5 Å². The molecule has 0 aromatic heterocycles. The maximum absolute atomic E-state index is 13.3. The third kappa shape index (κ3) is 3.36. The number of amides is 4. The number of nitrogens with zero attached hydrogens (tertiary/aromatic N) is 1. The zero-order chi connectivity index (χ0) is 21.3. The molecular weight excluding hydrogens is 378 g/mol. The maximum atomic E-state index is 13.3. The molecule has 0 radical (unpaired) electrons. The van der Waals surface area contributed by atoms with Gasteiger partial charge in [-0.3, -0.25) is 14.5 Å². The van der Waals surface area contributed by atoms with Gasteiger partial charge < -0.3 is 10.6 Å². The van der Waals surface area contributed by atoms with Crippen LogP contribution in [0, 0.1) is 0 Å². The number of carbonyl (C=O) groups excluding carboxylic acids is 3. The first-order chi connectivity index (χ1) is 14.5. The number of hydrogen-bond donors (Lipinski definition) is 2. The van der Waals surface area contributed by atoms with E-state index >= 15 is 0 Å². The highest BCUT2D eigenvalue weighted by Gasteiger charge is 2.54. The first kappa shape index (κ1) is 20.1. The summed E-state index contributed by atoms with van der Waals surface area (Å²) < 4.78 is 0. The number of anilines is 1. The lowest BCUT2D eigenvalue weighted by Gasteiger charge is -2.33. The minimum Gasteiger partial charge on any atom is -0.324 e. The molecule has 4 amide bonds. The van der Waals surface area contributed by atoms with Crippen LogP contribution in [0.25, 0.3) is 0 Å². The Morgan fingerprint density at radius 1 is 1.17 bits per heavy atom. The molecule has 1 aliphatic heterocycles. The number of benzene rings is 2. The van der Waals surface area contributed by atoms with E-state index in [1.165, 1.54) is 0 Å². The molecule has 1 saturated heterocycles. The second-order valence-electron chi connectivity index (χ2n) is 8.18. The summed E-state index contributed by atoms with van der Waals surface area (Å²) in [6.45, 7) is 3.90. The van der Waals surface area contributed by atoms with Crippen LogP contribution < -0.4 is 10.6 Å². The van der Waals surface area contributed by atoms with Crippen LogP contribution in [0.4, 0.5) is 10.5 Å². The lowest BCUT2D eigenvalue weighted by molar-refractivity contribution is -0.134. The fourth-order valence-electron chi connectivity index (χ4n) is 4.55. The third-order valence-corrected chi connectivity index (χ3v) is 6.33. The number of imide groups is 1. The summed E-state index contributed by atoms with van der Waals surface area (Å²) in [7, 11) is 0. The van der Waals surface area contributed by atoms with Crippen molar-refractivity contribution in [1.29, 1.82) is 0 Å². The maximum Gasteiger partial charge on any atom is 0.325 e. The number of urea groups is 1. The van der Waals surface area contributed by atoms with Crippen LogP contribution >= 0.6 is 0 Å². The minimum absolute atomic E-state index is 0.292. The molecule has 6 nitrogen and oxygen atoms in total. The van der Waals surface area contributed by atoms with Crippen molar-refractivity contribution in [1.82, 2.24) is 10.2 Å². The van der Waals surface area contributed by atoms with Crippen molar-refractivity contribution < 1.29 is 14.4 Å². The largest absolute Gasteiger partial charge is 0.325 e. The molecule has 2 N–H and O–H groups in total. The third-order valence-electron chi connectivity index (χ3n) is 6.33. The van der Waals surface area contributed by atoms with Crippen molar-refractivity contribution in [3.05, 3.63) is 65.2 Å². The average Bonchev–Trinajstić information content (AvgIpc) is 2.98. The molecule has 0 unspecified atom stereocenters. The second-order valence-corrected chi connectivity index (χ2v) is 8.18. The van der Waals surface area contributed by atoms with E-state index in [-0.39, 0.29) is 18.4 Å². The summed E-state index contributed by atoms with van der Waals surface area (Å²) in [6, 6.07) is 14.9. The lowest BCUT2D eigenvalue weighted by Crippen LogP contribution is -2.47. The number of aryl methyl sites for hydroxylation is 1. The van der Waals surface area contributed by atoms with E-state index in [4.69, 9.17) is 0 Å². The van der Waals surface area contributed by atoms with Crippen LogP contribution in [-0.4, -0.2) is 29.3 Å². The molecule has 1 heterocycles. The Morgan fingerprint density at radius 3 is 2.70 bits per heavy atom. The summed E-state index contributed by atoms with van der Waals surface area (Å²) in [6.07, 6.45) is 3.19. The molecule has 2 aromatic carbocycles. The van der Waals surface area contributed by atoms with Gasteiger partial charge in [0, 0.05) is 5.69 Å². The average molecular weight is 405 g/mol. The predicted octanol–water partition coefficient (Wildman–Crippen LogP) is 3.92. The molecule has 2 aromatic rings. The highest BCUT2D eigenvalue weighted by molar-refractivity contribution is 6.10. The molecular formula is C24H27N3O3. The van der Waals surface area contributed by atoms with Gasteiger partial charge in [0.05, 0.1) is 0 Å². The Morgan fingerprint density at radius 2 is 1.90 bits per heavy atom. The minimum atomic E-state index is -1.05. The molecule has 2 aliphatic rings. The van der Waals surface area contributed by atoms with Crippen molar-refractivity contribution >= 4 is 23.5 Å². The van der Waals surface area contributed by atoms with Gasteiger partial charge in [-0.1, -0.05) is 56.3 Å². The van der Waals surface area contributed by atoms with Crippen LogP contribution in [-0.2, 0) is 21.5 Å². The van der Waals surface area contributed by atoms with Crippen LogP contribution in [0.3, 0.4) is 0 Å². The van der Waals surface area contributed by atoms with E-state index in [2.05, 4.69) is 24.5 Å². The van der Waals surface area contributed by atoms with Gasteiger partial charge in [0.15, 0.2) is 0 Å². The summed E-state index contributed by atoms with van der Waals surface area (Å²) in [4.78, 5) is 39.8. The van der Waals surface area contributed by atoms with Crippen LogP contribution in [0.2, 0.25) is 0 Å². The van der Waals surface area contributed by atoms with Gasteiger partial charge in [0.1, 0.15) is 12.1 Å². The Kier molecular flexibility index (Phi) is 5.33. The van der Waals surface area contributed by atoms with Crippen molar-refractivity contribution in [2.75, 3.05) is 11.9 Å².